The number of nitrogens with two attached hydrogens (primary N) is 1. The van der Waals surface area contributed by atoms with E-state index in [1.807, 2.05) is 12.1 Å². The van der Waals surface area contributed by atoms with Crippen molar-refractivity contribution in [3.63, 3.8) is 0 Å². The van der Waals surface area contributed by atoms with Gasteiger partial charge in [0.25, 0.3) is 0 Å². The molecule has 126 valence electrons. The average molecular weight is 348 g/mol. The second-order valence-electron chi connectivity index (χ2n) is 5.88. The number of halogens is 1. The van der Waals surface area contributed by atoms with Gasteiger partial charge < -0.3 is 5.73 Å². The molecule has 0 saturated carbocycles. The smallest absolute Gasteiger partial charge is 0.247 e. The number of sulfonamides is 1. The average Bonchev–Trinajstić information content (AvgIpc) is 2.55. The molecule has 0 radical (unpaired) electrons. The van der Waals surface area contributed by atoms with Gasteiger partial charge in [-0.3, -0.25) is 4.79 Å². The molecule has 0 bridgehead atoms. The summed E-state index contributed by atoms with van der Waals surface area (Å²) in [7, 11) is -4.19. The predicted molar refractivity (Wildman–Crippen MR) is 87.0 cm³/mol. The fraction of sp³-hybridized carbons (Fsp3) is 0.235. The van der Waals surface area contributed by atoms with Crippen LogP contribution < -0.4 is 5.73 Å². The summed E-state index contributed by atoms with van der Waals surface area (Å²) in [5.74, 6) is -1.59. The zero-order valence-corrected chi connectivity index (χ0v) is 13.9. The van der Waals surface area contributed by atoms with E-state index in [-0.39, 0.29) is 13.0 Å². The molecule has 0 saturated heterocycles. The Labute approximate surface area is 139 Å². The number of fused-ring (bicyclic) bond motifs is 1. The molecule has 3 rings (SSSR count). The standard InChI is InChI=1S/C17H17FN2O3S/c1-11-6-7-14(18)16(8-11)24(22,23)20-10-13-5-3-2-4-12(13)9-15(20)17(19)21/h2-8,15H,9-10H2,1H3,(H2,19,21)/t15-/m0/s1. The fourth-order valence-electron chi connectivity index (χ4n) is 2.93. The van der Waals surface area contributed by atoms with Crippen LogP contribution in [0.15, 0.2) is 47.4 Å². The molecule has 0 unspecified atom stereocenters. The molecule has 24 heavy (non-hydrogen) atoms. The Morgan fingerprint density at radius 2 is 1.88 bits per heavy atom. The Kier molecular flexibility index (Phi) is 4.15. The van der Waals surface area contributed by atoms with Gasteiger partial charge in [-0.25, -0.2) is 12.8 Å². The van der Waals surface area contributed by atoms with E-state index < -0.39 is 32.7 Å². The molecule has 0 spiro atoms. The third kappa shape index (κ3) is 2.81. The van der Waals surface area contributed by atoms with Gasteiger partial charge in [-0.15, -0.1) is 0 Å². The van der Waals surface area contributed by atoms with Gasteiger partial charge in [-0.05, 0) is 42.2 Å². The second-order valence-corrected chi connectivity index (χ2v) is 7.73. The molecule has 1 atom stereocenters. The number of carbonyl (C=O) groups is 1. The minimum absolute atomic E-state index is 0.0144. The lowest BCUT2D eigenvalue weighted by Crippen LogP contribution is -2.51. The van der Waals surface area contributed by atoms with Gasteiger partial charge in [-0.2, -0.15) is 4.31 Å². The third-order valence-electron chi connectivity index (χ3n) is 4.21. The van der Waals surface area contributed by atoms with Gasteiger partial charge in [-0.1, -0.05) is 30.3 Å². The van der Waals surface area contributed by atoms with Crippen LogP contribution in [0.4, 0.5) is 4.39 Å². The van der Waals surface area contributed by atoms with E-state index >= 15 is 0 Å². The van der Waals surface area contributed by atoms with Gasteiger partial charge in [0.05, 0.1) is 0 Å². The number of hydrogen-bond acceptors (Lipinski definition) is 3. The van der Waals surface area contributed by atoms with Crippen LogP contribution in [0.2, 0.25) is 0 Å². The summed E-state index contributed by atoms with van der Waals surface area (Å²) >= 11 is 0. The molecule has 2 N–H and O–H groups in total. The van der Waals surface area contributed by atoms with Crippen LogP contribution in [0, 0.1) is 12.7 Å². The molecule has 2 aromatic rings. The molecular formula is C17H17FN2O3S. The topological polar surface area (TPSA) is 80.5 Å². The number of amides is 1. The Bertz CT molecular complexity index is 912. The van der Waals surface area contributed by atoms with Crippen LogP contribution in [-0.4, -0.2) is 24.7 Å². The monoisotopic (exact) mass is 348 g/mol. The normalized spacial score (nSPS) is 18.2. The highest BCUT2D eigenvalue weighted by atomic mass is 32.2. The Balaban J connectivity index is 2.11. The quantitative estimate of drug-likeness (QED) is 0.917. The van der Waals surface area contributed by atoms with Crippen LogP contribution in [0.3, 0.4) is 0 Å². The number of nitrogens with zero attached hydrogens (tertiary/aromatic N) is 1. The molecule has 0 aromatic heterocycles. The lowest BCUT2D eigenvalue weighted by molar-refractivity contribution is -0.122. The SMILES string of the molecule is Cc1ccc(F)c(S(=O)(=O)N2Cc3ccccc3C[C@H]2C(N)=O)c1. The first-order valence-electron chi connectivity index (χ1n) is 7.45. The van der Waals surface area contributed by atoms with E-state index in [1.54, 1.807) is 19.1 Å². The summed E-state index contributed by atoms with van der Waals surface area (Å²) in [5, 5.41) is 0. The maximum absolute atomic E-state index is 14.1. The molecule has 1 aliphatic rings. The van der Waals surface area contributed by atoms with E-state index in [4.69, 9.17) is 5.73 Å². The van der Waals surface area contributed by atoms with Crippen molar-refractivity contribution in [1.29, 1.82) is 0 Å². The number of rotatable bonds is 3. The number of benzene rings is 2. The minimum Gasteiger partial charge on any atom is -0.368 e. The van der Waals surface area contributed by atoms with Crippen LogP contribution >= 0.6 is 0 Å². The van der Waals surface area contributed by atoms with E-state index in [0.717, 1.165) is 21.5 Å². The van der Waals surface area contributed by atoms with Crippen LogP contribution in [0.5, 0.6) is 0 Å². The van der Waals surface area contributed by atoms with Gasteiger partial charge in [0.15, 0.2) is 0 Å². The summed E-state index contributed by atoms with van der Waals surface area (Å²) in [4.78, 5) is 11.4. The Morgan fingerprint density at radius 1 is 1.21 bits per heavy atom. The third-order valence-corrected chi connectivity index (χ3v) is 6.08. The second kappa shape index (κ2) is 5.99. The van der Waals surface area contributed by atoms with Gasteiger partial charge in [0, 0.05) is 6.54 Å². The highest BCUT2D eigenvalue weighted by Gasteiger charge is 2.39. The lowest BCUT2D eigenvalue weighted by Gasteiger charge is -2.34. The van der Waals surface area contributed by atoms with E-state index in [0.29, 0.717) is 5.56 Å². The first-order chi connectivity index (χ1) is 11.3. The summed E-state index contributed by atoms with van der Waals surface area (Å²) < 4.78 is 41.0. The molecule has 7 heteroatoms. The van der Waals surface area contributed by atoms with Crippen molar-refractivity contribution in [2.24, 2.45) is 5.73 Å². The maximum atomic E-state index is 14.1. The first kappa shape index (κ1) is 16.6. The van der Waals surface area contributed by atoms with Crippen molar-refractivity contribution >= 4 is 15.9 Å². The minimum atomic E-state index is -4.19. The largest absolute Gasteiger partial charge is 0.368 e. The van der Waals surface area contributed by atoms with Crippen molar-refractivity contribution < 1.29 is 17.6 Å². The van der Waals surface area contributed by atoms with Gasteiger partial charge >= 0.3 is 0 Å². The highest BCUT2D eigenvalue weighted by Crippen LogP contribution is 2.30. The van der Waals surface area contributed by atoms with Crippen molar-refractivity contribution in [2.45, 2.75) is 30.8 Å². The molecular weight excluding hydrogens is 331 g/mol. The fourth-order valence-corrected chi connectivity index (χ4v) is 4.65. The molecule has 2 aromatic carbocycles. The maximum Gasteiger partial charge on any atom is 0.247 e. The summed E-state index contributed by atoms with van der Waals surface area (Å²) in [6.45, 7) is 1.66. The summed E-state index contributed by atoms with van der Waals surface area (Å²) in [6.07, 6.45) is 0.179. The summed E-state index contributed by atoms with van der Waals surface area (Å²) in [5.41, 5.74) is 7.69. The van der Waals surface area contributed by atoms with Crippen molar-refractivity contribution in [2.75, 3.05) is 0 Å². The van der Waals surface area contributed by atoms with Crippen LogP contribution in [0.1, 0.15) is 16.7 Å². The van der Waals surface area contributed by atoms with E-state index in [1.165, 1.54) is 12.1 Å². The predicted octanol–water partition coefficient (Wildman–Crippen LogP) is 1.74. The molecule has 5 nitrogen and oxygen atoms in total. The van der Waals surface area contributed by atoms with Crippen molar-refractivity contribution in [3.8, 4) is 0 Å². The molecule has 1 heterocycles. The van der Waals surface area contributed by atoms with Crippen molar-refractivity contribution in [1.82, 2.24) is 4.31 Å². The zero-order valence-electron chi connectivity index (χ0n) is 13.1. The Morgan fingerprint density at radius 3 is 2.54 bits per heavy atom. The van der Waals surface area contributed by atoms with Gasteiger partial charge in [0.1, 0.15) is 16.8 Å². The van der Waals surface area contributed by atoms with Crippen LogP contribution in [-0.2, 0) is 27.8 Å². The van der Waals surface area contributed by atoms with Crippen LogP contribution in [0.25, 0.3) is 0 Å². The number of aryl methyl sites for hydroxylation is 1. The molecule has 1 aliphatic heterocycles. The van der Waals surface area contributed by atoms with E-state index in [9.17, 15) is 17.6 Å². The summed E-state index contributed by atoms with van der Waals surface area (Å²) in [6, 6.07) is 10.1. The lowest BCUT2D eigenvalue weighted by atomic mass is 9.96. The highest BCUT2D eigenvalue weighted by molar-refractivity contribution is 7.89. The molecule has 0 fully saturated rings. The van der Waals surface area contributed by atoms with Crippen molar-refractivity contribution in [3.05, 3.63) is 65.0 Å². The number of hydrogen-bond donors (Lipinski definition) is 1. The zero-order chi connectivity index (χ0) is 17.5. The van der Waals surface area contributed by atoms with E-state index in [2.05, 4.69) is 0 Å². The van der Waals surface area contributed by atoms with Gasteiger partial charge in [0.2, 0.25) is 15.9 Å². The molecule has 1 amide bonds. The number of carbonyl (C=O) groups excluding carboxylic acids is 1. The molecule has 0 aliphatic carbocycles. The number of primary amides is 1. The Hall–Kier alpha value is -2.25. The first-order valence-corrected chi connectivity index (χ1v) is 8.89.